The van der Waals surface area contributed by atoms with Crippen LogP contribution in [0.15, 0.2) is 29.3 Å². The van der Waals surface area contributed by atoms with Crippen LogP contribution in [0.4, 0.5) is 4.39 Å². The van der Waals surface area contributed by atoms with Gasteiger partial charge in [0.05, 0.1) is 0 Å². The SMILES string of the molecule is O=C=NC1(F)C=CC=CC1. The summed E-state index contributed by atoms with van der Waals surface area (Å²) in [5.41, 5.74) is 0. The van der Waals surface area contributed by atoms with Crippen LogP contribution in [0, 0.1) is 0 Å². The van der Waals surface area contributed by atoms with Gasteiger partial charge in [-0.3, -0.25) is 0 Å². The van der Waals surface area contributed by atoms with Crippen molar-refractivity contribution in [3.05, 3.63) is 24.3 Å². The van der Waals surface area contributed by atoms with E-state index < -0.39 is 5.79 Å². The van der Waals surface area contributed by atoms with Crippen LogP contribution in [0.2, 0.25) is 0 Å². The van der Waals surface area contributed by atoms with Crippen molar-refractivity contribution in [1.29, 1.82) is 0 Å². The van der Waals surface area contributed by atoms with Gasteiger partial charge in [0.1, 0.15) is 0 Å². The zero-order valence-electron chi connectivity index (χ0n) is 5.25. The monoisotopic (exact) mass is 139 g/mol. The summed E-state index contributed by atoms with van der Waals surface area (Å²) >= 11 is 0. The van der Waals surface area contributed by atoms with Crippen molar-refractivity contribution in [2.75, 3.05) is 0 Å². The highest BCUT2D eigenvalue weighted by molar-refractivity contribution is 5.36. The van der Waals surface area contributed by atoms with Gasteiger partial charge in [-0.2, -0.15) is 4.99 Å². The van der Waals surface area contributed by atoms with E-state index in [0.717, 1.165) is 0 Å². The lowest BCUT2D eigenvalue weighted by molar-refractivity contribution is 0.244. The molecule has 0 radical (unpaired) electrons. The van der Waals surface area contributed by atoms with E-state index in [0.29, 0.717) is 0 Å². The second-order valence-corrected chi connectivity index (χ2v) is 2.01. The molecule has 1 aliphatic carbocycles. The summed E-state index contributed by atoms with van der Waals surface area (Å²) in [6.45, 7) is 0. The highest BCUT2D eigenvalue weighted by atomic mass is 19.1. The number of allylic oxidation sites excluding steroid dienone is 2. The van der Waals surface area contributed by atoms with Crippen LogP contribution in [0.1, 0.15) is 6.42 Å². The van der Waals surface area contributed by atoms with E-state index in [1.807, 2.05) is 0 Å². The molecule has 0 heterocycles. The maximum Gasteiger partial charge on any atom is 0.238 e. The van der Waals surface area contributed by atoms with Crippen LogP contribution in [-0.2, 0) is 4.79 Å². The molecule has 1 aliphatic rings. The number of alkyl halides is 1. The van der Waals surface area contributed by atoms with Gasteiger partial charge in [0.2, 0.25) is 11.9 Å². The Hall–Kier alpha value is -1.21. The number of hydrogen-bond acceptors (Lipinski definition) is 2. The predicted octanol–water partition coefficient (Wildman–Crippen LogP) is 1.50. The maximum absolute atomic E-state index is 13.0. The normalized spacial score (nSPS) is 29.7. The average Bonchev–Trinajstić information content (AvgIpc) is 1.89. The Balaban J connectivity index is 2.79. The molecule has 3 heteroatoms. The van der Waals surface area contributed by atoms with Gasteiger partial charge in [-0.15, -0.1) is 0 Å². The van der Waals surface area contributed by atoms with Gasteiger partial charge in [0.15, 0.2) is 0 Å². The lowest BCUT2D eigenvalue weighted by Gasteiger charge is -2.13. The molecule has 10 heavy (non-hydrogen) atoms. The Bertz CT molecular complexity index is 228. The summed E-state index contributed by atoms with van der Waals surface area (Å²) in [6.07, 6.45) is 7.39. The third-order valence-electron chi connectivity index (χ3n) is 1.23. The predicted molar refractivity (Wildman–Crippen MR) is 34.9 cm³/mol. The van der Waals surface area contributed by atoms with Crippen LogP contribution in [0.25, 0.3) is 0 Å². The summed E-state index contributed by atoms with van der Waals surface area (Å²) in [5, 5.41) is 0. The zero-order chi connectivity index (χ0) is 7.45. The Morgan fingerprint density at radius 2 is 2.40 bits per heavy atom. The van der Waals surface area contributed by atoms with Gasteiger partial charge in [0, 0.05) is 6.42 Å². The van der Waals surface area contributed by atoms with E-state index in [-0.39, 0.29) is 6.42 Å². The van der Waals surface area contributed by atoms with E-state index in [2.05, 4.69) is 4.99 Å². The third-order valence-corrected chi connectivity index (χ3v) is 1.23. The van der Waals surface area contributed by atoms with E-state index in [1.165, 1.54) is 18.2 Å². The molecule has 0 amide bonds. The van der Waals surface area contributed by atoms with Gasteiger partial charge in [-0.05, 0) is 6.08 Å². The number of rotatable bonds is 1. The van der Waals surface area contributed by atoms with Crippen molar-refractivity contribution in [1.82, 2.24) is 0 Å². The Kier molecular flexibility index (Phi) is 1.78. The van der Waals surface area contributed by atoms with Crippen LogP contribution >= 0.6 is 0 Å². The highest BCUT2D eigenvalue weighted by Crippen LogP contribution is 2.22. The van der Waals surface area contributed by atoms with Gasteiger partial charge in [-0.1, -0.05) is 18.2 Å². The molecule has 0 bridgehead atoms. The molecule has 0 saturated carbocycles. The maximum atomic E-state index is 13.0. The van der Waals surface area contributed by atoms with E-state index in [9.17, 15) is 9.18 Å². The summed E-state index contributed by atoms with van der Waals surface area (Å²) < 4.78 is 13.0. The molecule has 0 fully saturated rings. The zero-order valence-corrected chi connectivity index (χ0v) is 5.25. The fourth-order valence-corrected chi connectivity index (χ4v) is 0.742. The van der Waals surface area contributed by atoms with Gasteiger partial charge < -0.3 is 0 Å². The molecule has 0 aromatic heterocycles. The minimum atomic E-state index is -1.84. The lowest BCUT2D eigenvalue weighted by atomic mass is 10.1. The van der Waals surface area contributed by atoms with Crippen molar-refractivity contribution in [3.8, 4) is 0 Å². The van der Waals surface area contributed by atoms with Crippen LogP contribution < -0.4 is 0 Å². The molecule has 52 valence electrons. The molecule has 0 aromatic carbocycles. The number of halogens is 1. The summed E-state index contributed by atoms with van der Waals surface area (Å²) in [4.78, 5) is 12.7. The van der Waals surface area contributed by atoms with Gasteiger partial charge in [-0.25, -0.2) is 9.18 Å². The fourth-order valence-electron chi connectivity index (χ4n) is 0.742. The molecule has 0 aliphatic heterocycles. The molecular weight excluding hydrogens is 133 g/mol. The van der Waals surface area contributed by atoms with E-state index in [1.54, 1.807) is 12.2 Å². The molecule has 1 unspecified atom stereocenters. The molecule has 0 aromatic rings. The van der Waals surface area contributed by atoms with E-state index >= 15 is 0 Å². The standard InChI is InChI=1S/C7H6FNO/c8-7(9-6-10)4-2-1-3-5-7/h1-4H,5H2. The van der Waals surface area contributed by atoms with Gasteiger partial charge >= 0.3 is 0 Å². The fraction of sp³-hybridized carbons (Fsp3) is 0.286. The first-order chi connectivity index (χ1) is 4.77. The van der Waals surface area contributed by atoms with Gasteiger partial charge in [0.25, 0.3) is 0 Å². The summed E-state index contributed by atoms with van der Waals surface area (Å²) in [7, 11) is 0. The number of aliphatic imine (C=N–C) groups is 1. The molecule has 0 spiro atoms. The largest absolute Gasteiger partial charge is 0.238 e. The average molecular weight is 139 g/mol. The molecule has 0 N–H and O–H groups in total. The minimum absolute atomic E-state index is 0.124. The topological polar surface area (TPSA) is 29.4 Å². The lowest BCUT2D eigenvalue weighted by Crippen LogP contribution is -2.16. The quantitative estimate of drug-likeness (QED) is 0.307. The first kappa shape index (κ1) is 6.90. The van der Waals surface area contributed by atoms with Crippen LogP contribution in [0.3, 0.4) is 0 Å². The smallest absolute Gasteiger partial charge is 0.212 e. The Morgan fingerprint density at radius 1 is 1.60 bits per heavy atom. The van der Waals surface area contributed by atoms with Crippen molar-refractivity contribution in [3.63, 3.8) is 0 Å². The number of nitrogens with zero attached hydrogens (tertiary/aromatic N) is 1. The van der Waals surface area contributed by atoms with Crippen molar-refractivity contribution in [2.24, 2.45) is 4.99 Å². The molecule has 1 rings (SSSR count). The molecular formula is C7H6FNO. The molecule has 2 nitrogen and oxygen atoms in total. The summed E-state index contributed by atoms with van der Waals surface area (Å²) in [6, 6.07) is 0. The van der Waals surface area contributed by atoms with Crippen LogP contribution in [0.5, 0.6) is 0 Å². The van der Waals surface area contributed by atoms with Crippen LogP contribution in [-0.4, -0.2) is 11.9 Å². The van der Waals surface area contributed by atoms with Crippen molar-refractivity contribution < 1.29 is 9.18 Å². The molecule has 0 saturated heterocycles. The third kappa shape index (κ3) is 1.39. The Labute approximate surface area is 57.8 Å². The van der Waals surface area contributed by atoms with Crippen molar-refractivity contribution in [2.45, 2.75) is 12.2 Å². The highest BCUT2D eigenvalue weighted by Gasteiger charge is 2.24. The second kappa shape index (κ2) is 2.58. The first-order valence-electron chi connectivity index (χ1n) is 2.89. The van der Waals surface area contributed by atoms with E-state index in [4.69, 9.17) is 0 Å². The molecule has 1 atom stereocenters. The number of hydrogen-bond donors (Lipinski definition) is 0. The summed E-state index contributed by atoms with van der Waals surface area (Å²) in [5.74, 6) is -1.84. The van der Waals surface area contributed by atoms with Crippen molar-refractivity contribution >= 4 is 6.08 Å². The Morgan fingerprint density at radius 3 is 2.90 bits per heavy atom. The first-order valence-corrected chi connectivity index (χ1v) is 2.89. The second-order valence-electron chi connectivity index (χ2n) is 2.01. The minimum Gasteiger partial charge on any atom is -0.212 e. The number of carbonyl (C=O) groups excluding carboxylic acids is 1. The number of isocyanates is 1.